The van der Waals surface area contributed by atoms with Gasteiger partial charge in [0, 0.05) is 24.8 Å². The molecule has 0 aromatic carbocycles. The molecule has 27 heavy (non-hydrogen) atoms. The van der Waals surface area contributed by atoms with Crippen LogP contribution in [0.1, 0.15) is 26.8 Å². The third-order valence-electron chi connectivity index (χ3n) is 4.35. The van der Waals surface area contributed by atoms with E-state index in [2.05, 4.69) is 15.1 Å². The van der Waals surface area contributed by atoms with Crippen LogP contribution in [0.2, 0.25) is 0 Å². The van der Waals surface area contributed by atoms with Gasteiger partial charge in [-0.1, -0.05) is 12.1 Å². The van der Waals surface area contributed by atoms with E-state index in [1.54, 1.807) is 17.3 Å². The highest BCUT2D eigenvalue weighted by atomic mass is 32.1. The van der Waals surface area contributed by atoms with Crippen LogP contribution in [0.15, 0.2) is 54.9 Å². The third kappa shape index (κ3) is 3.59. The minimum Gasteiger partial charge on any atom is -0.326 e. The maximum absolute atomic E-state index is 13.3. The van der Waals surface area contributed by atoms with E-state index < -0.39 is 0 Å². The van der Waals surface area contributed by atoms with Gasteiger partial charge in [-0.3, -0.25) is 19.4 Å². The van der Waals surface area contributed by atoms with Crippen molar-refractivity contribution in [3.05, 3.63) is 76.8 Å². The van der Waals surface area contributed by atoms with E-state index in [9.17, 15) is 4.79 Å². The molecule has 0 unspecified atom stereocenters. The van der Waals surface area contributed by atoms with Crippen molar-refractivity contribution in [2.24, 2.45) is 7.05 Å². The zero-order chi connectivity index (χ0) is 18.8. The molecule has 0 aliphatic carbocycles. The molecule has 1 amide bonds. The fraction of sp³-hybridized carbons (Fsp3) is 0.200. The van der Waals surface area contributed by atoms with Crippen LogP contribution in [0.5, 0.6) is 0 Å². The Hall–Kier alpha value is -3.06. The molecule has 4 rings (SSSR count). The number of carbonyl (C=O) groups is 1. The van der Waals surface area contributed by atoms with Gasteiger partial charge in [0.1, 0.15) is 4.83 Å². The summed E-state index contributed by atoms with van der Waals surface area (Å²) in [6, 6.07) is 13.4. The number of hydrogen-bond donors (Lipinski definition) is 0. The smallest absolute Gasteiger partial charge is 0.264 e. The third-order valence-corrected chi connectivity index (χ3v) is 5.54. The highest BCUT2D eigenvalue weighted by molar-refractivity contribution is 7.20. The standard InChI is InChI=1S/C20H19N5OS/c1-14-17-11-18(27-20(17)24(2)23-14)19(26)25(12-15-7-3-5-9-21-15)13-16-8-4-6-10-22-16/h3-11H,12-13H2,1-2H3. The van der Waals surface area contributed by atoms with E-state index in [4.69, 9.17) is 0 Å². The van der Waals surface area contributed by atoms with Crippen molar-refractivity contribution in [2.75, 3.05) is 0 Å². The Kier molecular flexibility index (Phi) is 4.68. The van der Waals surface area contributed by atoms with Crippen LogP contribution in [0.4, 0.5) is 0 Å². The van der Waals surface area contributed by atoms with E-state index >= 15 is 0 Å². The first-order chi connectivity index (χ1) is 13.1. The van der Waals surface area contributed by atoms with Gasteiger partial charge in [-0.25, -0.2) is 0 Å². The van der Waals surface area contributed by atoms with Gasteiger partial charge in [-0.05, 0) is 37.3 Å². The van der Waals surface area contributed by atoms with Gasteiger partial charge in [0.05, 0.1) is 35.0 Å². The lowest BCUT2D eigenvalue weighted by Gasteiger charge is -2.21. The number of hydrogen-bond acceptors (Lipinski definition) is 5. The molecule has 4 heterocycles. The SMILES string of the molecule is Cc1nn(C)c2sc(C(=O)N(Cc3ccccn3)Cc3ccccn3)cc12. The van der Waals surface area contributed by atoms with Crippen LogP contribution in [0.3, 0.4) is 0 Å². The summed E-state index contributed by atoms with van der Waals surface area (Å²) in [5, 5.41) is 5.44. The number of thiophene rings is 1. The minimum absolute atomic E-state index is 0.0214. The fourth-order valence-corrected chi connectivity index (χ4v) is 4.13. The van der Waals surface area contributed by atoms with Gasteiger partial charge < -0.3 is 4.90 Å². The molecule has 6 nitrogen and oxygen atoms in total. The first-order valence-electron chi connectivity index (χ1n) is 8.64. The summed E-state index contributed by atoms with van der Waals surface area (Å²) in [4.78, 5) is 25.5. The van der Waals surface area contributed by atoms with Crippen molar-refractivity contribution in [3.63, 3.8) is 0 Å². The number of aromatic nitrogens is 4. The second-order valence-electron chi connectivity index (χ2n) is 6.34. The normalized spacial score (nSPS) is 11.0. The summed E-state index contributed by atoms with van der Waals surface area (Å²) in [5.41, 5.74) is 2.63. The van der Waals surface area contributed by atoms with E-state index in [0.717, 1.165) is 27.3 Å². The molecule has 0 saturated carbocycles. The Morgan fingerprint density at radius 1 is 1.07 bits per heavy atom. The molecule has 0 aliphatic rings. The van der Waals surface area contributed by atoms with E-state index in [1.165, 1.54) is 11.3 Å². The van der Waals surface area contributed by atoms with Crippen LogP contribution in [-0.2, 0) is 20.1 Å². The molecule has 7 heteroatoms. The van der Waals surface area contributed by atoms with E-state index in [-0.39, 0.29) is 5.91 Å². The predicted octanol–water partition coefficient (Wildman–Crippen LogP) is 3.58. The largest absolute Gasteiger partial charge is 0.326 e. The van der Waals surface area contributed by atoms with Crippen molar-refractivity contribution in [1.82, 2.24) is 24.6 Å². The molecule has 0 atom stereocenters. The highest BCUT2D eigenvalue weighted by Crippen LogP contribution is 2.29. The number of aryl methyl sites for hydroxylation is 2. The van der Waals surface area contributed by atoms with Gasteiger partial charge in [0.2, 0.25) is 0 Å². The highest BCUT2D eigenvalue weighted by Gasteiger charge is 2.21. The molecule has 4 aromatic heterocycles. The molecule has 0 bridgehead atoms. The Balaban J connectivity index is 1.67. The summed E-state index contributed by atoms with van der Waals surface area (Å²) in [6.45, 7) is 2.83. The van der Waals surface area contributed by atoms with Crippen molar-refractivity contribution >= 4 is 27.5 Å². The molecule has 4 aromatic rings. The van der Waals surface area contributed by atoms with E-state index in [1.807, 2.05) is 61.1 Å². The Labute approximate surface area is 161 Å². The zero-order valence-corrected chi connectivity index (χ0v) is 16.0. The summed E-state index contributed by atoms with van der Waals surface area (Å²) in [5.74, 6) is -0.0214. The fourth-order valence-electron chi connectivity index (χ4n) is 3.04. The summed E-state index contributed by atoms with van der Waals surface area (Å²) in [6.07, 6.45) is 3.49. The Bertz CT molecular complexity index is 996. The molecule has 0 spiro atoms. The second-order valence-corrected chi connectivity index (χ2v) is 7.37. The molecular weight excluding hydrogens is 358 g/mol. The van der Waals surface area contributed by atoms with Crippen molar-refractivity contribution in [1.29, 1.82) is 0 Å². The minimum atomic E-state index is -0.0214. The second kappa shape index (κ2) is 7.28. The van der Waals surface area contributed by atoms with Crippen LogP contribution < -0.4 is 0 Å². The van der Waals surface area contributed by atoms with Crippen LogP contribution >= 0.6 is 11.3 Å². The average Bonchev–Trinajstić information content (AvgIpc) is 3.24. The summed E-state index contributed by atoms with van der Waals surface area (Å²) >= 11 is 1.47. The molecule has 0 aliphatic heterocycles. The number of amides is 1. The maximum Gasteiger partial charge on any atom is 0.264 e. The quantitative estimate of drug-likeness (QED) is 0.533. The van der Waals surface area contributed by atoms with Gasteiger partial charge in [-0.15, -0.1) is 11.3 Å². The lowest BCUT2D eigenvalue weighted by atomic mass is 10.2. The number of carbonyl (C=O) groups excluding carboxylic acids is 1. The molecule has 0 N–H and O–H groups in total. The lowest BCUT2D eigenvalue weighted by molar-refractivity contribution is 0.0730. The Morgan fingerprint density at radius 3 is 2.22 bits per heavy atom. The summed E-state index contributed by atoms with van der Waals surface area (Å²) < 4.78 is 1.83. The van der Waals surface area contributed by atoms with Crippen LogP contribution in [-0.4, -0.2) is 30.6 Å². The first-order valence-corrected chi connectivity index (χ1v) is 9.45. The van der Waals surface area contributed by atoms with Crippen LogP contribution in [0.25, 0.3) is 10.2 Å². The number of rotatable bonds is 5. The van der Waals surface area contributed by atoms with Gasteiger partial charge in [-0.2, -0.15) is 5.10 Å². The van der Waals surface area contributed by atoms with Gasteiger partial charge in [0.15, 0.2) is 0 Å². The van der Waals surface area contributed by atoms with Crippen molar-refractivity contribution in [2.45, 2.75) is 20.0 Å². The Morgan fingerprint density at radius 2 is 1.70 bits per heavy atom. The predicted molar refractivity (Wildman–Crippen MR) is 105 cm³/mol. The maximum atomic E-state index is 13.3. The summed E-state index contributed by atoms with van der Waals surface area (Å²) in [7, 11) is 1.90. The monoisotopic (exact) mass is 377 g/mol. The van der Waals surface area contributed by atoms with Gasteiger partial charge >= 0.3 is 0 Å². The average molecular weight is 377 g/mol. The van der Waals surface area contributed by atoms with Crippen molar-refractivity contribution in [3.8, 4) is 0 Å². The van der Waals surface area contributed by atoms with Crippen molar-refractivity contribution < 1.29 is 4.79 Å². The first kappa shape index (κ1) is 17.4. The number of fused-ring (bicyclic) bond motifs is 1. The molecule has 0 saturated heterocycles. The topological polar surface area (TPSA) is 63.9 Å². The zero-order valence-electron chi connectivity index (χ0n) is 15.2. The van der Waals surface area contributed by atoms with Gasteiger partial charge in [0.25, 0.3) is 5.91 Å². The van der Waals surface area contributed by atoms with Crippen LogP contribution in [0, 0.1) is 6.92 Å². The lowest BCUT2D eigenvalue weighted by Crippen LogP contribution is -2.30. The number of pyridine rings is 2. The molecule has 0 radical (unpaired) electrons. The number of nitrogens with zero attached hydrogens (tertiary/aromatic N) is 5. The molecular formula is C20H19N5OS. The molecule has 136 valence electrons. The van der Waals surface area contributed by atoms with E-state index in [0.29, 0.717) is 18.0 Å². The molecule has 0 fully saturated rings.